The van der Waals surface area contributed by atoms with E-state index in [-0.39, 0.29) is 30.4 Å². The quantitative estimate of drug-likeness (QED) is 0.100. The Morgan fingerprint density at radius 2 is 1.29 bits per heavy atom. The SMILES string of the molecule is COc1ccc(CN(Cc2ccc(OC)cc2)S(=O)(=O)c2c(SC)ccc(-c3ccc(C4CCN(C(=O)O)CC4)cc3)c2-c2nnnn2Cc2ccc(OC)cc2)cc1. The Morgan fingerprint density at radius 1 is 0.763 bits per heavy atom. The molecule has 0 bridgehead atoms. The van der Waals surface area contributed by atoms with E-state index in [1.54, 1.807) is 26.0 Å². The first-order valence-electron chi connectivity index (χ1n) is 19.1. The fraction of sp³-hybridized carbons (Fsp3) is 0.273. The van der Waals surface area contributed by atoms with E-state index in [0.717, 1.165) is 40.7 Å². The standard InChI is InChI=1S/C44H46N6O7S2/c1-55-36-15-5-30(6-16-36)27-49(28-31-7-17-37(56-2)18-8-31)59(53,54)42-40(58-4)22-21-39(35-13-11-33(12-14-35)34-23-25-48(26-24-34)44(51)52)41(42)43-45-46-47-50(43)29-32-9-19-38(57-3)20-10-32/h5-22,34H,23-29H2,1-4H3,(H,51,52). The van der Waals surface area contributed by atoms with Gasteiger partial charge >= 0.3 is 6.09 Å². The molecular weight excluding hydrogens is 789 g/mol. The van der Waals surface area contributed by atoms with Crippen LogP contribution in [0.2, 0.25) is 0 Å². The lowest BCUT2D eigenvalue weighted by atomic mass is 9.88. The number of carbonyl (C=O) groups is 1. The second-order valence-corrected chi connectivity index (χ2v) is 16.9. The van der Waals surface area contributed by atoms with Crippen LogP contribution in [-0.4, -0.2) is 89.7 Å². The Kier molecular flexibility index (Phi) is 12.8. The molecule has 6 aromatic rings. The van der Waals surface area contributed by atoms with Crippen LogP contribution >= 0.6 is 11.8 Å². The number of likely N-dealkylation sites (tertiary alicyclic amines) is 1. The van der Waals surface area contributed by atoms with Gasteiger partial charge in [0.2, 0.25) is 10.0 Å². The highest BCUT2D eigenvalue weighted by atomic mass is 32.2. The highest BCUT2D eigenvalue weighted by Crippen LogP contribution is 2.43. The van der Waals surface area contributed by atoms with Crippen LogP contribution in [-0.2, 0) is 29.7 Å². The van der Waals surface area contributed by atoms with Crippen molar-refractivity contribution in [2.45, 2.75) is 48.2 Å². The first-order valence-corrected chi connectivity index (χ1v) is 21.7. The number of hydrogen-bond donors (Lipinski definition) is 1. The van der Waals surface area contributed by atoms with Gasteiger partial charge in [0.1, 0.15) is 22.1 Å². The summed E-state index contributed by atoms with van der Waals surface area (Å²) in [6.45, 7) is 1.36. The maximum atomic E-state index is 15.7. The minimum atomic E-state index is -4.32. The average molecular weight is 835 g/mol. The number of benzene rings is 5. The Labute approximate surface area is 348 Å². The average Bonchev–Trinajstić information content (AvgIpc) is 3.74. The second kappa shape index (κ2) is 18.4. The lowest BCUT2D eigenvalue weighted by molar-refractivity contribution is 0.132. The van der Waals surface area contributed by atoms with Crippen molar-refractivity contribution in [2.24, 2.45) is 0 Å². The molecule has 0 aliphatic carbocycles. The normalized spacial score (nSPS) is 13.4. The van der Waals surface area contributed by atoms with Gasteiger partial charge in [0.15, 0.2) is 5.82 Å². The summed E-state index contributed by atoms with van der Waals surface area (Å²) in [5.74, 6) is 2.54. The maximum absolute atomic E-state index is 15.7. The molecule has 13 nitrogen and oxygen atoms in total. The fourth-order valence-electron chi connectivity index (χ4n) is 7.40. The zero-order chi connectivity index (χ0) is 41.5. The Hall–Kier alpha value is -5.90. The van der Waals surface area contributed by atoms with Crippen molar-refractivity contribution in [2.75, 3.05) is 40.7 Å². The summed E-state index contributed by atoms with van der Waals surface area (Å²) in [6.07, 6.45) is 2.41. The summed E-state index contributed by atoms with van der Waals surface area (Å²) < 4.78 is 50.6. The van der Waals surface area contributed by atoms with Crippen LogP contribution < -0.4 is 14.2 Å². The second-order valence-electron chi connectivity index (χ2n) is 14.2. The number of aromatic nitrogens is 4. The van der Waals surface area contributed by atoms with E-state index in [0.29, 0.717) is 52.2 Å². The molecule has 5 aromatic carbocycles. The van der Waals surface area contributed by atoms with Gasteiger partial charge in [-0.1, -0.05) is 66.7 Å². The zero-order valence-corrected chi connectivity index (χ0v) is 34.9. The van der Waals surface area contributed by atoms with E-state index in [4.69, 9.17) is 14.2 Å². The van der Waals surface area contributed by atoms with Crippen molar-refractivity contribution in [1.29, 1.82) is 0 Å². The van der Waals surface area contributed by atoms with Gasteiger partial charge in [0.25, 0.3) is 0 Å². The van der Waals surface area contributed by atoms with Crippen molar-refractivity contribution in [3.63, 3.8) is 0 Å². The smallest absolute Gasteiger partial charge is 0.407 e. The van der Waals surface area contributed by atoms with Crippen LogP contribution in [0, 0.1) is 0 Å². The molecule has 1 aromatic heterocycles. The van der Waals surface area contributed by atoms with Crippen molar-refractivity contribution < 1.29 is 32.5 Å². The summed E-state index contributed by atoms with van der Waals surface area (Å²) in [5.41, 5.74) is 5.36. The van der Waals surface area contributed by atoms with Crippen LogP contribution in [0.1, 0.15) is 41.0 Å². The van der Waals surface area contributed by atoms with Gasteiger partial charge in [0, 0.05) is 36.6 Å². The molecular formula is C44H46N6O7S2. The maximum Gasteiger partial charge on any atom is 0.407 e. The molecule has 1 aliphatic heterocycles. The summed E-state index contributed by atoms with van der Waals surface area (Å²) in [6, 6.07) is 34.2. The Balaban J connectivity index is 1.38. The molecule has 0 radical (unpaired) electrons. The molecule has 0 spiro atoms. The van der Waals surface area contributed by atoms with Crippen LogP contribution in [0.4, 0.5) is 4.79 Å². The van der Waals surface area contributed by atoms with Crippen LogP contribution in [0.15, 0.2) is 119 Å². The van der Waals surface area contributed by atoms with Gasteiger partial charge in [-0.05, 0) is 111 Å². The first kappa shape index (κ1) is 41.3. The molecule has 15 heteroatoms. The predicted octanol–water partition coefficient (Wildman–Crippen LogP) is 8.05. The van der Waals surface area contributed by atoms with Crippen LogP contribution in [0.25, 0.3) is 22.5 Å². The van der Waals surface area contributed by atoms with Gasteiger partial charge in [0.05, 0.1) is 27.9 Å². The van der Waals surface area contributed by atoms with Crippen molar-refractivity contribution in [3.8, 4) is 39.8 Å². The van der Waals surface area contributed by atoms with Crippen molar-refractivity contribution >= 4 is 27.9 Å². The third-order valence-corrected chi connectivity index (χ3v) is 13.5. The van der Waals surface area contributed by atoms with Crippen molar-refractivity contribution in [1.82, 2.24) is 29.4 Å². The number of ether oxygens (including phenoxy) is 3. The number of piperidine rings is 1. The predicted molar refractivity (Wildman–Crippen MR) is 227 cm³/mol. The molecule has 0 unspecified atom stereocenters. The van der Waals surface area contributed by atoms with Gasteiger partial charge in [-0.2, -0.15) is 4.31 Å². The Bertz CT molecular complexity index is 2420. The molecule has 0 atom stereocenters. The summed E-state index contributed by atoms with van der Waals surface area (Å²) in [4.78, 5) is 13.6. The van der Waals surface area contributed by atoms with Gasteiger partial charge in [-0.3, -0.25) is 0 Å². The largest absolute Gasteiger partial charge is 0.497 e. The molecule has 2 heterocycles. The number of rotatable bonds is 15. The number of tetrazole rings is 1. The molecule has 1 fully saturated rings. The third-order valence-electron chi connectivity index (χ3n) is 10.7. The molecule has 7 rings (SSSR count). The number of amides is 1. The van der Waals surface area contributed by atoms with Gasteiger partial charge < -0.3 is 24.2 Å². The van der Waals surface area contributed by atoms with Crippen LogP contribution in [0.5, 0.6) is 17.2 Å². The van der Waals surface area contributed by atoms with E-state index in [9.17, 15) is 9.90 Å². The molecule has 1 amide bonds. The number of hydrogen-bond acceptors (Lipinski definition) is 10. The lowest BCUT2D eigenvalue weighted by Gasteiger charge is -2.30. The number of nitrogens with zero attached hydrogens (tertiary/aromatic N) is 6. The molecule has 1 aliphatic rings. The lowest BCUT2D eigenvalue weighted by Crippen LogP contribution is -2.36. The minimum absolute atomic E-state index is 0.0715. The van der Waals surface area contributed by atoms with E-state index >= 15 is 8.42 Å². The zero-order valence-electron chi connectivity index (χ0n) is 33.3. The molecule has 306 valence electrons. The highest BCUT2D eigenvalue weighted by Gasteiger charge is 2.35. The molecule has 1 saturated heterocycles. The molecule has 59 heavy (non-hydrogen) atoms. The number of methoxy groups -OCH3 is 3. The van der Waals surface area contributed by atoms with Gasteiger partial charge in [-0.15, -0.1) is 16.9 Å². The molecule has 1 N–H and O–H groups in total. The molecule has 0 saturated carbocycles. The van der Waals surface area contributed by atoms with E-state index in [1.165, 1.54) is 21.0 Å². The summed E-state index contributed by atoms with van der Waals surface area (Å²) >= 11 is 1.34. The van der Waals surface area contributed by atoms with E-state index in [1.807, 2.05) is 103 Å². The van der Waals surface area contributed by atoms with Crippen LogP contribution in [0.3, 0.4) is 0 Å². The summed E-state index contributed by atoms with van der Waals surface area (Å²) in [7, 11) is 0.469. The van der Waals surface area contributed by atoms with Gasteiger partial charge in [-0.25, -0.2) is 17.9 Å². The highest BCUT2D eigenvalue weighted by molar-refractivity contribution is 7.99. The fourth-order valence-corrected chi connectivity index (χ4v) is 10.1. The Morgan fingerprint density at radius 3 is 1.78 bits per heavy atom. The monoisotopic (exact) mass is 834 g/mol. The minimum Gasteiger partial charge on any atom is -0.497 e. The summed E-state index contributed by atoms with van der Waals surface area (Å²) in [5, 5.41) is 22.5. The van der Waals surface area contributed by atoms with E-state index in [2.05, 4.69) is 27.7 Å². The number of carboxylic acid groups (broad SMARTS) is 1. The number of thioether (sulfide) groups is 1. The van der Waals surface area contributed by atoms with E-state index < -0.39 is 16.1 Å². The topological polar surface area (TPSA) is 149 Å². The first-order chi connectivity index (χ1) is 28.6. The van der Waals surface area contributed by atoms with Crippen molar-refractivity contribution in [3.05, 3.63) is 131 Å². The third kappa shape index (κ3) is 9.22. The number of sulfonamides is 1.